The van der Waals surface area contributed by atoms with E-state index in [0.29, 0.717) is 17.0 Å². The fraction of sp³-hybridized carbons (Fsp3) is 0.286. The second kappa shape index (κ2) is 4.60. The van der Waals surface area contributed by atoms with Crippen LogP contribution in [0.15, 0.2) is 16.6 Å². The number of pyridine rings is 1. The minimum Gasteiger partial charge on any atom is -0.477 e. The molecule has 0 unspecified atom stereocenters. The van der Waals surface area contributed by atoms with Gasteiger partial charge < -0.3 is 14.8 Å². The summed E-state index contributed by atoms with van der Waals surface area (Å²) in [7, 11) is -1.56. The molecule has 1 aromatic rings. The first-order valence-electron chi connectivity index (χ1n) is 3.80. The van der Waals surface area contributed by atoms with Crippen LogP contribution in [0.25, 0.3) is 0 Å². The molecule has 1 rings (SSSR count). The molecule has 4 nitrogen and oxygen atoms in total. The molecule has 0 aliphatic rings. The maximum atomic E-state index is 8.83. The molecule has 0 amide bonds. The summed E-state index contributed by atoms with van der Waals surface area (Å²) in [6.45, 7) is 2.31. The van der Waals surface area contributed by atoms with E-state index in [2.05, 4.69) is 20.9 Å². The first-order valence-corrected chi connectivity index (χ1v) is 4.59. The zero-order chi connectivity index (χ0) is 9.84. The third kappa shape index (κ3) is 2.68. The Labute approximate surface area is 84.8 Å². The van der Waals surface area contributed by atoms with Gasteiger partial charge in [0.25, 0.3) is 0 Å². The lowest BCUT2D eigenvalue weighted by molar-refractivity contribution is 0.324. The zero-order valence-electron chi connectivity index (χ0n) is 7.07. The highest BCUT2D eigenvalue weighted by molar-refractivity contribution is 9.10. The lowest BCUT2D eigenvalue weighted by Gasteiger charge is -2.06. The highest BCUT2D eigenvalue weighted by Crippen LogP contribution is 2.19. The van der Waals surface area contributed by atoms with Crippen molar-refractivity contribution in [3.8, 4) is 5.88 Å². The molecular weight excluding hydrogens is 237 g/mol. The van der Waals surface area contributed by atoms with Gasteiger partial charge in [-0.2, -0.15) is 0 Å². The van der Waals surface area contributed by atoms with Gasteiger partial charge >= 0.3 is 7.12 Å². The van der Waals surface area contributed by atoms with Crippen molar-refractivity contribution in [3.05, 3.63) is 16.6 Å². The molecule has 0 bridgehead atoms. The molecule has 0 aliphatic carbocycles. The second-order valence-electron chi connectivity index (χ2n) is 2.33. The highest BCUT2D eigenvalue weighted by Gasteiger charge is 2.14. The first-order chi connectivity index (χ1) is 6.15. The smallest absolute Gasteiger partial charge is 0.477 e. The molecule has 2 N–H and O–H groups in total. The van der Waals surface area contributed by atoms with E-state index in [4.69, 9.17) is 14.8 Å². The fourth-order valence-corrected chi connectivity index (χ4v) is 1.15. The Morgan fingerprint density at radius 2 is 2.23 bits per heavy atom. The van der Waals surface area contributed by atoms with Gasteiger partial charge in [-0.15, -0.1) is 0 Å². The number of ether oxygens (including phenoxy) is 1. The molecule has 0 radical (unpaired) electrons. The topological polar surface area (TPSA) is 62.6 Å². The molecule has 1 aromatic heterocycles. The van der Waals surface area contributed by atoms with Crippen LogP contribution in [-0.4, -0.2) is 28.8 Å². The van der Waals surface area contributed by atoms with E-state index in [-0.39, 0.29) is 5.59 Å². The lowest BCUT2D eigenvalue weighted by Crippen LogP contribution is -2.32. The number of halogens is 1. The van der Waals surface area contributed by atoms with Gasteiger partial charge in [0.05, 0.1) is 16.7 Å². The standard InChI is InChI=1S/C7H9BBrNO3/c1-2-13-7-5(9)3-4-6(10-7)8(11)12/h3-4,11-12H,2H2,1H3. The van der Waals surface area contributed by atoms with Gasteiger partial charge in [-0.05, 0) is 35.0 Å². The maximum Gasteiger partial charge on any atom is 0.508 e. The van der Waals surface area contributed by atoms with E-state index in [1.165, 1.54) is 6.07 Å². The molecule has 13 heavy (non-hydrogen) atoms. The largest absolute Gasteiger partial charge is 0.508 e. The average molecular weight is 246 g/mol. The third-order valence-electron chi connectivity index (χ3n) is 1.38. The van der Waals surface area contributed by atoms with Crippen molar-refractivity contribution in [3.63, 3.8) is 0 Å². The molecule has 1 heterocycles. The molecule has 0 spiro atoms. The van der Waals surface area contributed by atoms with Gasteiger partial charge in [0.15, 0.2) is 0 Å². The number of nitrogens with zero attached hydrogens (tertiary/aromatic N) is 1. The number of hydrogen-bond acceptors (Lipinski definition) is 4. The summed E-state index contributed by atoms with van der Waals surface area (Å²) in [5.41, 5.74) is 0.173. The van der Waals surface area contributed by atoms with Crippen molar-refractivity contribution in [1.82, 2.24) is 4.98 Å². The van der Waals surface area contributed by atoms with Crippen molar-refractivity contribution < 1.29 is 14.8 Å². The normalized spacial score (nSPS) is 9.85. The van der Waals surface area contributed by atoms with Crippen LogP contribution in [0.2, 0.25) is 0 Å². The minimum absolute atomic E-state index is 0.173. The van der Waals surface area contributed by atoms with Crippen LogP contribution >= 0.6 is 15.9 Å². The van der Waals surface area contributed by atoms with Crippen molar-refractivity contribution >= 4 is 28.6 Å². The number of rotatable bonds is 3. The first kappa shape index (κ1) is 10.5. The van der Waals surface area contributed by atoms with Crippen LogP contribution in [0.5, 0.6) is 5.88 Å². The Bertz CT molecular complexity index is 295. The molecule has 0 atom stereocenters. The quantitative estimate of drug-likeness (QED) is 0.732. The Kier molecular flexibility index (Phi) is 3.71. The Morgan fingerprint density at radius 3 is 2.77 bits per heavy atom. The molecule has 0 aliphatic heterocycles. The van der Waals surface area contributed by atoms with Gasteiger partial charge in [0, 0.05) is 0 Å². The van der Waals surface area contributed by atoms with Gasteiger partial charge in [-0.1, -0.05) is 0 Å². The van der Waals surface area contributed by atoms with Crippen molar-refractivity contribution in [2.45, 2.75) is 6.92 Å². The molecular formula is C7H9BBrNO3. The molecule has 0 aromatic carbocycles. The van der Waals surface area contributed by atoms with Crippen LogP contribution in [0, 0.1) is 0 Å². The summed E-state index contributed by atoms with van der Waals surface area (Å²) in [5, 5.41) is 17.7. The summed E-state index contributed by atoms with van der Waals surface area (Å²) in [6, 6.07) is 3.17. The predicted molar refractivity (Wildman–Crippen MR) is 52.9 cm³/mol. The van der Waals surface area contributed by atoms with Crippen LogP contribution in [0.1, 0.15) is 6.92 Å². The van der Waals surface area contributed by atoms with Crippen LogP contribution in [0.3, 0.4) is 0 Å². The predicted octanol–water partition coefficient (Wildman–Crippen LogP) is -0.0774. The van der Waals surface area contributed by atoms with E-state index in [9.17, 15) is 0 Å². The van der Waals surface area contributed by atoms with Crippen molar-refractivity contribution in [2.24, 2.45) is 0 Å². The zero-order valence-corrected chi connectivity index (χ0v) is 8.65. The van der Waals surface area contributed by atoms with E-state index in [1.807, 2.05) is 6.92 Å². The Hall–Kier alpha value is -0.585. The second-order valence-corrected chi connectivity index (χ2v) is 3.18. The van der Waals surface area contributed by atoms with Crippen molar-refractivity contribution in [1.29, 1.82) is 0 Å². The van der Waals surface area contributed by atoms with Crippen molar-refractivity contribution in [2.75, 3.05) is 6.61 Å². The summed E-state index contributed by atoms with van der Waals surface area (Å²) in [4.78, 5) is 3.89. The van der Waals surface area contributed by atoms with Crippen LogP contribution < -0.4 is 10.3 Å². The number of hydrogen-bond donors (Lipinski definition) is 2. The van der Waals surface area contributed by atoms with Gasteiger partial charge in [-0.25, -0.2) is 4.98 Å². The van der Waals surface area contributed by atoms with Gasteiger partial charge in [-0.3, -0.25) is 0 Å². The van der Waals surface area contributed by atoms with Crippen LogP contribution in [0.4, 0.5) is 0 Å². The minimum atomic E-state index is -1.56. The summed E-state index contributed by atoms with van der Waals surface area (Å²) < 4.78 is 5.84. The fourth-order valence-electron chi connectivity index (χ4n) is 0.819. The van der Waals surface area contributed by atoms with E-state index in [0.717, 1.165) is 0 Å². The summed E-state index contributed by atoms with van der Waals surface area (Å²) >= 11 is 3.23. The molecule has 0 fully saturated rings. The Balaban J connectivity index is 2.97. The number of aromatic nitrogens is 1. The van der Waals surface area contributed by atoms with E-state index >= 15 is 0 Å². The van der Waals surface area contributed by atoms with E-state index in [1.54, 1.807) is 6.07 Å². The molecule has 70 valence electrons. The third-order valence-corrected chi connectivity index (χ3v) is 1.98. The van der Waals surface area contributed by atoms with E-state index < -0.39 is 7.12 Å². The summed E-state index contributed by atoms with van der Waals surface area (Å²) in [5.74, 6) is 0.369. The molecule has 6 heteroatoms. The average Bonchev–Trinajstić information content (AvgIpc) is 2.08. The Morgan fingerprint density at radius 1 is 1.54 bits per heavy atom. The van der Waals surface area contributed by atoms with Gasteiger partial charge in [0.1, 0.15) is 0 Å². The summed E-state index contributed by atoms with van der Waals surface area (Å²) in [6.07, 6.45) is 0. The highest BCUT2D eigenvalue weighted by atomic mass is 79.9. The van der Waals surface area contributed by atoms with Crippen LogP contribution in [-0.2, 0) is 0 Å². The van der Waals surface area contributed by atoms with Gasteiger partial charge in [0.2, 0.25) is 5.88 Å². The SMILES string of the molecule is CCOc1nc(B(O)O)ccc1Br. The molecule has 0 saturated carbocycles. The maximum absolute atomic E-state index is 8.83. The lowest BCUT2D eigenvalue weighted by atomic mass is 9.86. The molecule has 0 saturated heterocycles. The monoisotopic (exact) mass is 245 g/mol.